The first kappa shape index (κ1) is 16.6. The Morgan fingerprint density at radius 3 is 2.38 bits per heavy atom. The summed E-state index contributed by atoms with van der Waals surface area (Å²) < 4.78 is 1.12. The molecule has 0 aromatic heterocycles. The van der Waals surface area contributed by atoms with Gasteiger partial charge >= 0.3 is 0 Å². The van der Waals surface area contributed by atoms with E-state index in [0.29, 0.717) is 0 Å². The third-order valence-corrected chi connectivity index (χ3v) is 4.91. The summed E-state index contributed by atoms with van der Waals surface area (Å²) in [6.45, 7) is 6.37. The Balaban J connectivity index is 2.16. The molecule has 2 aromatic carbocycles. The van der Waals surface area contributed by atoms with Crippen LogP contribution in [0.15, 0.2) is 45.8 Å². The molecule has 0 radical (unpaired) electrons. The van der Waals surface area contributed by atoms with E-state index in [1.165, 1.54) is 27.1 Å². The lowest BCUT2D eigenvalue weighted by Gasteiger charge is -2.12. The Hall–Kier alpha value is -0.770. The van der Waals surface area contributed by atoms with Crippen molar-refractivity contribution in [2.75, 3.05) is 0 Å². The molecule has 0 saturated heterocycles. The number of hydrogen-bond acceptors (Lipinski definition) is 2. The number of benzene rings is 2. The zero-order valence-electron chi connectivity index (χ0n) is 12.8. The second-order valence-corrected chi connectivity index (χ2v) is 7.65. The number of rotatable bonds is 5. The van der Waals surface area contributed by atoms with Crippen LogP contribution >= 0.6 is 27.7 Å². The van der Waals surface area contributed by atoms with Crippen molar-refractivity contribution in [3.63, 3.8) is 0 Å². The summed E-state index contributed by atoms with van der Waals surface area (Å²) in [5.74, 6) is 0.991. The Kier molecular flexibility index (Phi) is 5.91. The number of thioether (sulfide) groups is 1. The minimum absolute atomic E-state index is 0.187. The molecule has 3 heteroatoms. The summed E-state index contributed by atoms with van der Waals surface area (Å²) in [6, 6.07) is 13.4. The highest BCUT2D eigenvalue weighted by Crippen LogP contribution is 2.30. The van der Waals surface area contributed by atoms with Crippen LogP contribution in [0.4, 0.5) is 0 Å². The van der Waals surface area contributed by atoms with Crippen molar-refractivity contribution in [1.29, 1.82) is 0 Å². The molecule has 2 rings (SSSR count). The third-order valence-electron chi connectivity index (χ3n) is 3.25. The van der Waals surface area contributed by atoms with Crippen molar-refractivity contribution in [2.45, 2.75) is 43.9 Å². The molecular formula is C18H22BrNS. The van der Waals surface area contributed by atoms with E-state index in [2.05, 4.69) is 73.1 Å². The molecule has 2 N–H and O–H groups in total. The molecule has 0 aliphatic carbocycles. The minimum Gasteiger partial charge on any atom is -0.328 e. The van der Waals surface area contributed by atoms with Crippen LogP contribution in [0.3, 0.4) is 0 Å². The molecule has 112 valence electrons. The molecule has 2 aromatic rings. The van der Waals surface area contributed by atoms with Gasteiger partial charge in [-0.3, -0.25) is 0 Å². The number of halogens is 1. The zero-order valence-corrected chi connectivity index (χ0v) is 15.2. The molecule has 0 amide bonds. The molecule has 1 nitrogen and oxygen atoms in total. The first-order chi connectivity index (χ1) is 9.94. The highest BCUT2D eigenvalue weighted by molar-refractivity contribution is 9.10. The van der Waals surface area contributed by atoms with E-state index < -0.39 is 0 Å². The number of hydrogen-bond donors (Lipinski definition) is 1. The van der Waals surface area contributed by atoms with Crippen molar-refractivity contribution < 1.29 is 0 Å². The van der Waals surface area contributed by atoms with Crippen LogP contribution in [0.25, 0.3) is 0 Å². The van der Waals surface area contributed by atoms with Crippen LogP contribution in [0.5, 0.6) is 0 Å². The maximum absolute atomic E-state index is 5.96. The van der Waals surface area contributed by atoms with Crippen molar-refractivity contribution in [3.05, 3.63) is 63.1 Å². The molecule has 0 bridgehead atoms. The smallest absolute Gasteiger partial charge is 0.0232 e. The van der Waals surface area contributed by atoms with Crippen molar-refractivity contribution in [3.8, 4) is 0 Å². The summed E-state index contributed by atoms with van der Waals surface area (Å²) in [6.07, 6.45) is 0.919. The van der Waals surface area contributed by atoms with E-state index in [0.717, 1.165) is 16.6 Å². The molecule has 1 unspecified atom stereocenters. The fraction of sp³-hybridized carbons (Fsp3) is 0.333. The second kappa shape index (κ2) is 7.48. The van der Waals surface area contributed by atoms with Gasteiger partial charge in [0.25, 0.3) is 0 Å². The van der Waals surface area contributed by atoms with Crippen molar-refractivity contribution >= 4 is 27.7 Å². The van der Waals surface area contributed by atoms with Crippen molar-refractivity contribution in [2.24, 2.45) is 5.73 Å². The summed E-state index contributed by atoms with van der Waals surface area (Å²) in [5, 5.41) is 0. The van der Waals surface area contributed by atoms with E-state index in [1.54, 1.807) is 0 Å². The number of nitrogens with two attached hydrogens (primary N) is 1. The van der Waals surface area contributed by atoms with E-state index >= 15 is 0 Å². The quantitative estimate of drug-likeness (QED) is 0.734. The fourth-order valence-corrected chi connectivity index (χ4v) is 4.04. The Morgan fingerprint density at radius 1 is 1.10 bits per heavy atom. The Labute approximate surface area is 140 Å². The number of aryl methyl sites for hydroxylation is 2. The van der Waals surface area contributed by atoms with Crippen LogP contribution in [0.2, 0.25) is 0 Å². The zero-order chi connectivity index (χ0) is 15.4. The van der Waals surface area contributed by atoms with Gasteiger partial charge in [0.05, 0.1) is 0 Å². The molecule has 0 aliphatic rings. The highest BCUT2D eigenvalue weighted by atomic mass is 79.9. The first-order valence-electron chi connectivity index (χ1n) is 7.18. The van der Waals surface area contributed by atoms with Crippen LogP contribution in [-0.4, -0.2) is 6.04 Å². The first-order valence-corrected chi connectivity index (χ1v) is 8.96. The van der Waals surface area contributed by atoms with Gasteiger partial charge in [-0.05, 0) is 50.5 Å². The lowest BCUT2D eigenvalue weighted by Crippen LogP contribution is -2.18. The van der Waals surface area contributed by atoms with Gasteiger partial charge in [0.1, 0.15) is 0 Å². The van der Waals surface area contributed by atoms with Gasteiger partial charge in [-0.2, -0.15) is 0 Å². The van der Waals surface area contributed by atoms with Gasteiger partial charge in [0.15, 0.2) is 0 Å². The van der Waals surface area contributed by atoms with Crippen LogP contribution in [-0.2, 0) is 12.2 Å². The van der Waals surface area contributed by atoms with Gasteiger partial charge in [0, 0.05) is 21.2 Å². The molecule has 0 aliphatic heterocycles. The summed E-state index contributed by atoms with van der Waals surface area (Å²) >= 11 is 5.46. The van der Waals surface area contributed by atoms with Gasteiger partial charge in [0.2, 0.25) is 0 Å². The topological polar surface area (TPSA) is 26.0 Å². The standard InChI is InChI=1S/C18H22BrNS/c1-12-6-13(2)8-15(7-12)11-21-18-10-17(19)5-4-16(18)9-14(3)20/h4-8,10,14H,9,11,20H2,1-3H3. The minimum atomic E-state index is 0.187. The lowest BCUT2D eigenvalue weighted by atomic mass is 10.1. The van der Waals surface area contributed by atoms with E-state index in [9.17, 15) is 0 Å². The summed E-state index contributed by atoms with van der Waals surface area (Å²) in [7, 11) is 0. The van der Waals surface area contributed by atoms with E-state index in [4.69, 9.17) is 5.73 Å². The Bertz CT molecular complexity index is 602. The predicted octanol–water partition coefficient (Wildman–Crippen LogP) is 5.25. The van der Waals surface area contributed by atoms with Crippen LogP contribution in [0, 0.1) is 13.8 Å². The molecule has 0 heterocycles. The fourth-order valence-electron chi connectivity index (χ4n) is 2.49. The molecule has 0 fully saturated rings. The van der Waals surface area contributed by atoms with Crippen LogP contribution in [0.1, 0.15) is 29.2 Å². The molecular weight excluding hydrogens is 342 g/mol. The van der Waals surface area contributed by atoms with E-state index in [-0.39, 0.29) is 6.04 Å². The van der Waals surface area contributed by atoms with E-state index in [1.807, 2.05) is 11.8 Å². The maximum Gasteiger partial charge on any atom is 0.0232 e. The second-order valence-electron chi connectivity index (χ2n) is 5.72. The predicted molar refractivity (Wildman–Crippen MR) is 97.0 cm³/mol. The summed E-state index contributed by atoms with van der Waals surface area (Å²) in [5.41, 5.74) is 11.3. The molecule has 21 heavy (non-hydrogen) atoms. The highest BCUT2D eigenvalue weighted by Gasteiger charge is 2.07. The van der Waals surface area contributed by atoms with Gasteiger partial charge in [-0.15, -0.1) is 11.8 Å². The molecule has 0 spiro atoms. The molecule has 1 atom stereocenters. The average molecular weight is 364 g/mol. The van der Waals surface area contributed by atoms with Gasteiger partial charge in [-0.25, -0.2) is 0 Å². The SMILES string of the molecule is Cc1cc(C)cc(CSc2cc(Br)ccc2CC(C)N)c1. The monoisotopic (exact) mass is 363 g/mol. The molecule has 0 saturated carbocycles. The van der Waals surface area contributed by atoms with Crippen LogP contribution < -0.4 is 5.73 Å². The summed E-state index contributed by atoms with van der Waals surface area (Å²) in [4.78, 5) is 1.32. The third kappa shape index (κ3) is 5.17. The normalized spacial score (nSPS) is 12.4. The maximum atomic E-state index is 5.96. The van der Waals surface area contributed by atoms with Gasteiger partial charge in [-0.1, -0.05) is 51.3 Å². The average Bonchev–Trinajstić information content (AvgIpc) is 2.37. The Morgan fingerprint density at radius 2 is 1.76 bits per heavy atom. The van der Waals surface area contributed by atoms with Crippen molar-refractivity contribution in [1.82, 2.24) is 0 Å². The largest absolute Gasteiger partial charge is 0.328 e. The lowest BCUT2D eigenvalue weighted by molar-refractivity contribution is 0.729. The van der Waals surface area contributed by atoms with Gasteiger partial charge < -0.3 is 5.73 Å².